The summed E-state index contributed by atoms with van der Waals surface area (Å²) in [5, 5.41) is 10.5. The molecule has 5 nitrogen and oxygen atoms in total. The van der Waals surface area contributed by atoms with Crippen molar-refractivity contribution < 1.29 is 19.4 Å². The van der Waals surface area contributed by atoms with Gasteiger partial charge in [0.25, 0.3) is 0 Å². The average molecular weight is 373 g/mol. The van der Waals surface area contributed by atoms with Crippen molar-refractivity contribution in [3.63, 3.8) is 0 Å². The first-order valence-electron chi connectivity index (χ1n) is 10.1. The molecule has 3 aliphatic carbocycles. The van der Waals surface area contributed by atoms with Crippen molar-refractivity contribution in [1.29, 1.82) is 0 Å². The SMILES string of the molecule is COc1cc2c(cc1OC(=O)N(C)C)CCC1C2CCC2(C)C(O)CCC12. The molecule has 148 valence electrons. The molecule has 5 unspecified atom stereocenters. The number of methoxy groups -OCH3 is 1. The Balaban J connectivity index is 1.66. The molecule has 1 aromatic carbocycles. The summed E-state index contributed by atoms with van der Waals surface area (Å²) in [6.45, 7) is 2.30. The second kappa shape index (κ2) is 6.69. The summed E-state index contributed by atoms with van der Waals surface area (Å²) in [4.78, 5) is 13.4. The monoisotopic (exact) mass is 373 g/mol. The van der Waals surface area contributed by atoms with Crippen LogP contribution in [-0.2, 0) is 6.42 Å². The molecular formula is C22H31NO4. The van der Waals surface area contributed by atoms with Crippen molar-refractivity contribution in [2.75, 3.05) is 21.2 Å². The van der Waals surface area contributed by atoms with Crippen LogP contribution in [0.15, 0.2) is 12.1 Å². The van der Waals surface area contributed by atoms with Gasteiger partial charge in [0, 0.05) is 14.1 Å². The molecule has 0 radical (unpaired) electrons. The number of carbonyl (C=O) groups excluding carboxylic acids is 1. The number of benzene rings is 1. The molecule has 2 fully saturated rings. The van der Waals surface area contributed by atoms with E-state index < -0.39 is 6.09 Å². The van der Waals surface area contributed by atoms with Gasteiger partial charge in [-0.15, -0.1) is 0 Å². The van der Waals surface area contributed by atoms with E-state index in [1.165, 1.54) is 16.0 Å². The van der Waals surface area contributed by atoms with Crippen LogP contribution < -0.4 is 9.47 Å². The number of hydrogen-bond donors (Lipinski definition) is 1. The lowest BCUT2D eigenvalue weighted by Crippen LogP contribution is -2.43. The maximum absolute atomic E-state index is 12.0. The first-order chi connectivity index (χ1) is 12.8. The topological polar surface area (TPSA) is 59.0 Å². The zero-order valence-electron chi connectivity index (χ0n) is 16.8. The quantitative estimate of drug-likeness (QED) is 0.852. The summed E-state index contributed by atoms with van der Waals surface area (Å²) in [5.41, 5.74) is 2.72. The first kappa shape index (κ1) is 18.6. The fourth-order valence-electron chi connectivity index (χ4n) is 5.97. The highest BCUT2D eigenvalue weighted by Gasteiger charge is 2.54. The predicted octanol–water partition coefficient (Wildman–Crippen LogP) is 3.97. The van der Waals surface area contributed by atoms with Gasteiger partial charge >= 0.3 is 6.09 Å². The molecule has 3 aliphatic rings. The van der Waals surface area contributed by atoms with E-state index in [-0.39, 0.29) is 11.5 Å². The van der Waals surface area contributed by atoms with Crippen LogP contribution in [-0.4, -0.2) is 43.4 Å². The third-order valence-electron chi connectivity index (χ3n) is 7.52. The predicted molar refractivity (Wildman–Crippen MR) is 103 cm³/mol. The normalized spacial score (nSPS) is 34.3. The Hall–Kier alpha value is -1.75. The Morgan fingerprint density at radius 3 is 2.67 bits per heavy atom. The number of ether oxygens (including phenoxy) is 2. The van der Waals surface area contributed by atoms with E-state index in [0.717, 1.165) is 38.5 Å². The van der Waals surface area contributed by atoms with Gasteiger partial charge in [-0.05, 0) is 85.0 Å². The van der Waals surface area contributed by atoms with Crippen LogP contribution in [0.4, 0.5) is 4.79 Å². The van der Waals surface area contributed by atoms with E-state index in [1.54, 1.807) is 21.2 Å². The van der Waals surface area contributed by atoms with Gasteiger partial charge in [0.05, 0.1) is 13.2 Å². The maximum atomic E-state index is 12.0. The fourth-order valence-corrected chi connectivity index (χ4v) is 5.97. The van der Waals surface area contributed by atoms with Crippen LogP contribution in [0, 0.1) is 17.3 Å². The van der Waals surface area contributed by atoms with Crippen LogP contribution >= 0.6 is 0 Å². The molecule has 2 saturated carbocycles. The van der Waals surface area contributed by atoms with E-state index >= 15 is 0 Å². The van der Waals surface area contributed by atoms with Gasteiger partial charge in [-0.2, -0.15) is 0 Å². The summed E-state index contributed by atoms with van der Waals surface area (Å²) in [7, 11) is 4.97. The van der Waals surface area contributed by atoms with Gasteiger partial charge in [0.1, 0.15) is 0 Å². The van der Waals surface area contributed by atoms with Gasteiger partial charge in [-0.25, -0.2) is 4.79 Å². The Morgan fingerprint density at radius 1 is 1.19 bits per heavy atom. The molecular weight excluding hydrogens is 342 g/mol. The van der Waals surface area contributed by atoms with Crippen molar-refractivity contribution in [1.82, 2.24) is 4.90 Å². The maximum Gasteiger partial charge on any atom is 0.414 e. The Bertz CT molecular complexity index is 746. The lowest BCUT2D eigenvalue weighted by atomic mass is 9.55. The van der Waals surface area contributed by atoms with Gasteiger partial charge in [0.15, 0.2) is 11.5 Å². The van der Waals surface area contributed by atoms with Crippen LogP contribution in [0.1, 0.15) is 56.1 Å². The summed E-state index contributed by atoms with van der Waals surface area (Å²) in [6.07, 6.45) is 5.89. The zero-order chi connectivity index (χ0) is 19.3. The fraction of sp³-hybridized carbons (Fsp3) is 0.682. The number of carbonyl (C=O) groups is 1. The number of amides is 1. The number of aliphatic hydroxyl groups excluding tert-OH is 1. The summed E-state index contributed by atoms with van der Waals surface area (Å²) in [5.74, 6) is 2.89. The minimum Gasteiger partial charge on any atom is -0.493 e. The molecule has 1 amide bonds. The standard InChI is InChI=1S/C22H31NO4/c1-22-10-9-14-15(17(22)7-8-20(22)24)6-5-13-11-19(27-21(25)23(2)3)18(26-4)12-16(13)14/h11-12,14-15,17,20,24H,5-10H2,1-4H3. The van der Waals surface area contributed by atoms with Gasteiger partial charge in [-0.1, -0.05) is 6.92 Å². The molecule has 5 heteroatoms. The van der Waals surface area contributed by atoms with Gasteiger partial charge < -0.3 is 19.5 Å². The van der Waals surface area contributed by atoms with Crippen molar-refractivity contribution in [2.24, 2.45) is 17.3 Å². The second-order valence-electron chi connectivity index (χ2n) is 9.02. The smallest absolute Gasteiger partial charge is 0.414 e. The first-order valence-corrected chi connectivity index (χ1v) is 10.1. The third kappa shape index (κ3) is 2.91. The van der Waals surface area contributed by atoms with E-state index in [0.29, 0.717) is 29.3 Å². The number of aliphatic hydroxyl groups is 1. The summed E-state index contributed by atoms with van der Waals surface area (Å²) < 4.78 is 11.1. The van der Waals surface area contributed by atoms with E-state index in [2.05, 4.69) is 13.0 Å². The summed E-state index contributed by atoms with van der Waals surface area (Å²) >= 11 is 0. The number of aryl methyl sites for hydroxylation is 1. The largest absolute Gasteiger partial charge is 0.493 e. The van der Waals surface area contributed by atoms with Crippen LogP contribution in [0.2, 0.25) is 0 Å². The highest BCUT2D eigenvalue weighted by molar-refractivity contribution is 5.71. The second-order valence-corrected chi connectivity index (χ2v) is 9.02. The van der Waals surface area contributed by atoms with E-state index in [1.807, 2.05) is 6.07 Å². The molecule has 0 aliphatic heterocycles. The molecule has 0 bridgehead atoms. The number of rotatable bonds is 2. The average Bonchev–Trinajstić information content (AvgIpc) is 2.95. The molecule has 27 heavy (non-hydrogen) atoms. The van der Waals surface area contributed by atoms with Crippen LogP contribution in [0.5, 0.6) is 11.5 Å². The lowest BCUT2D eigenvalue weighted by Gasteiger charge is -2.50. The van der Waals surface area contributed by atoms with Gasteiger partial charge in [0.2, 0.25) is 0 Å². The van der Waals surface area contributed by atoms with Crippen molar-refractivity contribution in [2.45, 2.75) is 57.5 Å². The molecule has 4 rings (SSSR count). The molecule has 1 aromatic rings. The van der Waals surface area contributed by atoms with Crippen molar-refractivity contribution in [3.8, 4) is 11.5 Å². The molecule has 0 spiro atoms. The number of nitrogens with zero attached hydrogens (tertiary/aromatic N) is 1. The highest BCUT2D eigenvalue weighted by Crippen LogP contribution is 2.61. The Kier molecular flexibility index (Phi) is 4.61. The minimum absolute atomic E-state index is 0.0872. The zero-order valence-corrected chi connectivity index (χ0v) is 16.8. The molecule has 0 heterocycles. The highest BCUT2D eigenvalue weighted by atomic mass is 16.6. The van der Waals surface area contributed by atoms with Gasteiger partial charge in [-0.3, -0.25) is 0 Å². The number of fused-ring (bicyclic) bond motifs is 5. The Labute approximate surface area is 161 Å². The molecule has 1 N–H and O–H groups in total. The lowest BCUT2D eigenvalue weighted by molar-refractivity contribution is -0.0226. The van der Waals surface area contributed by atoms with Crippen LogP contribution in [0.25, 0.3) is 0 Å². The van der Waals surface area contributed by atoms with E-state index in [9.17, 15) is 9.90 Å². The van der Waals surface area contributed by atoms with E-state index in [4.69, 9.17) is 9.47 Å². The van der Waals surface area contributed by atoms with Crippen LogP contribution in [0.3, 0.4) is 0 Å². The Morgan fingerprint density at radius 2 is 1.96 bits per heavy atom. The molecule has 0 aromatic heterocycles. The molecule has 5 atom stereocenters. The minimum atomic E-state index is -0.393. The molecule has 0 saturated heterocycles. The van der Waals surface area contributed by atoms with Crippen molar-refractivity contribution in [3.05, 3.63) is 23.3 Å². The summed E-state index contributed by atoms with van der Waals surface area (Å²) in [6, 6.07) is 4.10. The third-order valence-corrected chi connectivity index (χ3v) is 7.52. The number of hydrogen-bond acceptors (Lipinski definition) is 4. The van der Waals surface area contributed by atoms with Crippen molar-refractivity contribution >= 4 is 6.09 Å².